The predicted molar refractivity (Wildman–Crippen MR) is 73.4 cm³/mol. The van der Waals surface area contributed by atoms with Gasteiger partial charge >= 0.3 is 0 Å². The van der Waals surface area contributed by atoms with E-state index in [0.29, 0.717) is 4.88 Å². The molecule has 1 amide bonds. The SMILES string of the molecule is CN(C(=O)c1cc2ccccc2s1)C1COCC1F. The fourth-order valence-corrected chi connectivity index (χ4v) is 3.33. The molecule has 1 saturated heterocycles. The fraction of sp³-hybridized carbons (Fsp3) is 0.357. The largest absolute Gasteiger partial charge is 0.376 e. The van der Waals surface area contributed by atoms with Crippen molar-refractivity contribution in [3.63, 3.8) is 0 Å². The van der Waals surface area contributed by atoms with Crippen LogP contribution < -0.4 is 0 Å². The Morgan fingerprint density at radius 2 is 2.21 bits per heavy atom. The van der Waals surface area contributed by atoms with Crippen LogP contribution in [0.25, 0.3) is 10.1 Å². The van der Waals surface area contributed by atoms with Gasteiger partial charge in [0.25, 0.3) is 5.91 Å². The van der Waals surface area contributed by atoms with E-state index < -0.39 is 12.2 Å². The molecule has 2 atom stereocenters. The number of amides is 1. The Kier molecular flexibility index (Phi) is 3.24. The number of thiophene rings is 1. The van der Waals surface area contributed by atoms with Gasteiger partial charge in [-0.3, -0.25) is 4.79 Å². The summed E-state index contributed by atoms with van der Waals surface area (Å²) < 4.78 is 19.7. The summed E-state index contributed by atoms with van der Waals surface area (Å²) in [4.78, 5) is 14.5. The van der Waals surface area contributed by atoms with Crippen molar-refractivity contribution >= 4 is 27.3 Å². The number of nitrogens with zero attached hydrogens (tertiary/aromatic N) is 1. The van der Waals surface area contributed by atoms with Crippen LogP contribution in [0.15, 0.2) is 30.3 Å². The van der Waals surface area contributed by atoms with Crippen LogP contribution in [0.5, 0.6) is 0 Å². The van der Waals surface area contributed by atoms with E-state index in [1.807, 2.05) is 30.3 Å². The Hall–Kier alpha value is -1.46. The Balaban J connectivity index is 1.86. The number of benzene rings is 1. The molecule has 100 valence electrons. The summed E-state index contributed by atoms with van der Waals surface area (Å²) in [6, 6.07) is 9.22. The predicted octanol–water partition coefficient (Wildman–Crippen LogP) is 2.71. The number of hydrogen-bond acceptors (Lipinski definition) is 3. The molecular weight excluding hydrogens is 265 g/mol. The zero-order valence-corrected chi connectivity index (χ0v) is 11.3. The van der Waals surface area contributed by atoms with E-state index in [4.69, 9.17) is 4.74 Å². The molecule has 5 heteroatoms. The maximum absolute atomic E-state index is 13.6. The number of ether oxygens (including phenoxy) is 1. The standard InChI is InChI=1S/C14H14FNO2S/c1-16(11-8-18-7-10(11)15)14(17)13-6-9-4-2-3-5-12(9)19-13/h2-6,10-11H,7-8H2,1H3. The molecule has 2 heterocycles. The van der Waals surface area contributed by atoms with Crippen molar-refractivity contribution in [1.29, 1.82) is 0 Å². The number of hydrogen-bond donors (Lipinski definition) is 0. The van der Waals surface area contributed by atoms with Gasteiger partial charge in [0.05, 0.1) is 24.1 Å². The molecule has 0 spiro atoms. The van der Waals surface area contributed by atoms with Gasteiger partial charge in [0.2, 0.25) is 0 Å². The summed E-state index contributed by atoms with van der Waals surface area (Å²) in [5.74, 6) is -0.139. The Morgan fingerprint density at radius 1 is 1.42 bits per heavy atom. The van der Waals surface area contributed by atoms with Gasteiger partial charge in [0.1, 0.15) is 6.17 Å². The van der Waals surface area contributed by atoms with Crippen molar-refractivity contribution < 1.29 is 13.9 Å². The van der Waals surface area contributed by atoms with Crippen LogP contribution in [0.1, 0.15) is 9.67 Å². The molecule has 0 radical (unpaired) electrons. The Labute approximate surface area is 114 Å². The summed E-state index contributed by atoms with van der Waals surface area (Å²) in [5.41, 5.74) is 0. The van der Waals surface area contributed by atoms with E-state index >= 15 is 0 Å². The molecule has 1 aromatic heterocycles. The molecule has 2 unspecified atom stereocenters. The third-order valence-electron chi connectivity index (χ3n) is 3.44. The topological polar surface area (TPSA) is 29.5 Å². The zero-order valence-electron chi connectivity index (χ0n) is 10.5. The number of likely N-dealkylation sites (N-methyl/N-ethyl adjacent to an activating group) is 1. The summed E-state index contributed by atoms with van der Waals surface area (Å²) in [6.45, 7) is 0.350. The maximum Gasteiger partial charge on any atom is 0.264 e. The van der Waals surface area contributed by atoms with Crippen molar-refractivity contribution in [2.45, 2.75) is 12.2 Å². The van der Waals surface area contributed by atoms with Crippen LogP contribution in [0, 0.1) is 0 Å². The molecule has 2 aromatic rings. The second kappa shape index (κ2) is 4.90. The lowest BCUT2D eigenvalue weighted by atomic mass is 10.2. The van der Waals surface area contributed by atoms with Gasteiger partial charge in [-0.25, -0.2) is 4.39 Å². The molecule has 0 N–H and O–H groups in total. The van der Waals surface area contributed by atoms with Crippen LogP contribution in [0.2, 0.25) is 0 Å². The molecule has 19 heavy (non-hydrogen) atoms. The Bertz CT molecular complexity index is 579. The van der Waals surface area contributed by atoms with E-state index in [0.717, 1.165) is 10.1 Å². The summed E-state index contributed by atoms with van der Waals surface area (Å²) in [6.07, 6.45) is -1.09. The average molecular weight is 279 g/mol. The van der Waals surface area contributed by atoms with E-state index in [-0.39, 0.29) is 19.1 Å². The van der Waals surface area contributed by atoms with Crippen LogP contribution in [-0.4, -0.2) is 43.3 Å². The fourth-order valence-electron chi connectivity index (χ4n) is 2.28. The molecule has 0 saturated carbocycles. The van der Waals surface area contributed by atoms with Crippen LogP contribution >= 0.6 is 11.3 Å². The third-order valence-corrected chi connectivity index (χ3v) is 4.54. The highest BCUT2D eigenvalue weighted by molar-refractivity contribution is 7.20. The summed E-state index contributed by atoms with van der Waals surface area (Å²) in [7, 11) is 1.64. The number of alkyl halides is 1. The second-order valence-corrected chi connectivity index (χ2v) is 5.77. The first-order valence-corrected chi connectivity index (χ1v) is 6.96. The van der Waals surface area contributed by atoms with E-state index in [1.54, 1.807) is 7.05 Å². The molecule has 1 aromatic carbocycles. The second-order valence-electron chi connectivity index (χ2n) is 4.69. The first kappa shape index (κ1) is 12.6. The number of rotatable bonds is 2. The van der Waals surface area contributed by atoms with E-state index in [1.165, 1.54) is 16.2 Å². The lowest BCUT2D eigenvalue weighted by Gasteiger charge is -2.24. The molecular formula is C14H14FNO2S. The maximum atomic E-state index is 13.6. The molecule has 3 rings (SSSR count). The van der Waals surface area contributed by atoms with Crippen molar-refractivity contribution in [3.8, 4) is 0 Å². The first-order chi connectivity index (χ1) is 9.16. The lowest BCUT2D eigenvalue weighted by Crippen LogP contribution is -2.42. The minimum Gasteiger partial charge on any atom is -0.376 e. The monoisotopic (exact) mass is 279 g/mol. The highest BCUT2D eigenvalue weighted by Gasteiger charge is 2.34. The smallest absolute Gasteiger partial charge is 0.264 e. The molecule has 1 aliphatic heterocycles. The van der Waals surface area contributed by atoms with Gasteiger partial charge in [-0.15, -0.1) is 11.3 Å². The first-order valence-electron chi connectivity index (χ1n) is 6.14. The number of carbonyl (C=O) groups excluding carboxylic acids is 1. The molecule has 1 fully saturated rings. The average Bonchev–Trinajstić information content (AvgIpc) is 3.02. The van der Waals surface area contributed by atoms with Crippen LogP contribution in [0.4, 0.5) is 4.39 Å². The lowest BCUT2D eigenvalue weighted by molar-refractivity contribution is 0.0677. The minimum absolute atomic E-state index is 0.0781. The number of carbonyl (C=O) groups is 1. The van der Waals surface area contributed by atoms with Crippen molar-refractivity contribution in [2.75, 3.05) is 20.3 Å². The molecule has 1 aliphatic rings. The highest BCUT2D eigenvalue weighted by atomic mass is 32.1. The molecule has 0 aliphatic carbocycles. The third kappa shape index (κ3) is 2.24. The van der Waals surface area contributed by atoms with E-state index in [2.05, 4.69) is 0 Å². The van der Waals surface area contributed by atoms with Gasteiger partial charge in [-0.2, -0.15) is 0 Å². The van der Waals surface area contributed by atoms with Crippen LogP contribution in [-0.2, 0) is 4.74 Å². The van der Waals surface area contributed by atoms with Crippen molar-refractivity contribution in [1.82, 2.24) is 4.90 Å². The van der Waals surface area contributed by atoms with Gasteiger partial charge in [0, 0.05) is 11.7 Å². The van der Waals surface area contributed by atoms with Gasteiger partial charge in [-0.1, -0.05) is 18.2 Å². The van der Waals surface area contributed by atoms with Crippen molar-refractivity contribution in [3.05, 3.63) is 35.2 Å². The van der Waals surface area contributed by atoms with Gasteiger partial charge in [0.15, 0.2) is 0 Å². The summed E-state index contributed by atoms with van der Waals surface area (Å²) in [5, 5.41) is 1.05. The molecule has 3 nitrogen and oxygen atoms in total. The van der Waals surface area contributed by atoms with Crippen molar-refractivity contribution in [2.24, 2.45) is 0 Å². The quantitative estimate of drug-likeness (QED) is 0.846. The normalized spacial score (nSPS) is 22.8. The molecule has 0 bridgehead atoms. The number of fused-ring (bicyclic) bond motifs is 1. The minimum atomic E-state index is -1.09. The number of halogens is 1. The van der Waals surface area contributed by atoms with Gasteiger partial charge in [-0.05, 0) is 17.5 Å². The van der Waals surface area contributed by atoms with Gasteiger partial charge < -0.3 is 9.64 Å². The zero-order chi connectivity index (χ0) is 13.4. The Morgan fingerprint density at radius 3 is 2.89 bits per heavy atom. The highest BCUT2D eigenvalue weighted by Crippen LogP contribution is 2.27. The summed E-state index contributed by atoms with van der Waals surface area (Å²) >= 11 is 1.44. The van der Waals surface area contributed by atoms with E-state index in [9.17, 15) is 9.18 Å². The van der Waals surface area contributed by atoms with Crippen LogP contribution in [0.3, 0.4) is 0 Å².